The average Bonchev–Trinajstić information content (AvgIpc) is 2.22. The van der Waals surface area contributed by atoms with Crippen molar-refractivity contribution in [3.63, 3.8) is 0 Å². The van der Waals surface area contributed by atoms with Gasteiger partial charge in [0.1, 0.15) is 6.54 Å². The van der Waals surface area contributed by atoms with Gasteiger partial charge in [0, 0.05) is 13.0 Å². The highest BCUT2D eigenvalue weighted by atomic mass is 31.1. The van der Waals surface area contributed by atoms with Crippen molar-refractivity contribution in [1.82, 2.24) is 10.1 Å². The maximum absolute atomic E-state index is 11.7. The summed E-state index contributed by atoms with van der Waals surface area (Å²) < 4.78 is 11.7. The van der Waals surface area contributed by atoms with Crippen LogP contribution in [0.15, 0.2) is 0 Å². The van der Waals surface area contributed by atoms with Crippen molar-refractivity contribution in [2.45, 2.75) is 18.1 Å². The maximum atomic E-state index is 11.7. The monoisotopic (exact) mass is 249 g/mol. The number of carboxylic acids is 1. The number of hydrazine groups is 1. The highest BCUT2D eigenvalue weighted by molar-refractivity contribution is 7.45. The molecule has 0 saturated carbocycles. The molecular weight excluding hydrogens is 235 g/mol. The molecule has 0 spiro atoms. The minimum absolute atomic E-state index is 0.224. The van der Waals surface area contributed by atoms with E-state index in [1.807, 2.05) is 0 Å². The summed E-state index contributed by atoms with van der Waals surface area (Å²) in [5, 5.41) is 9.95. The summed E-state index contributed by atoms with van der Waals surface area (Å²) in [5.41, 5.74) is 5.71. The van der Waals surface area contributed by atoms with Crippen molar-refractivity contribution in [1.29, 1.82) is 0 Å². The van der Waals surface area contributed by atoms with Gasteiger partial charge in [0.25, 0.3) is 0 Å². The first-order valence-electron chi connectivity index (χ1n) is 4.66. The van der Waals surface area contributed by atoms with E-state index >= 15 is 0 Å². The van der Waals surface area contributed by atoms with Crippen molar-refractivity contribution in [2.75, 3.05) is 13.1 Å². The number of carboxylic acid groups (broad SMARTS) is 1. The molecule has 1 saturated heterocycles. The quantitative estimate of drug-likeness (QED) is 0.271. The molecule has 6 N–H and O–H groups in total. The Labute approximate surface area is 92.8 Å². The highest BCUT2D eigenvalue weighted by Gasteiger charge is 2.56. The predicted molar refractivity (Wildman–Crippen MR) is 55.3 cm³/mol. The molecule has 90 valence electrons. The number of nitrogens with two attached hydrogens (primary N) is 2. The van der Waals surface area contributed by atoms with Gasteiger partial charge in [-0.05, 0) is 11.0 Å². The minimum Gasteiger partial charge on any atom is -0.480 e. The summed E-state index contributed by atoms with van der Waals surface area (Å²) >= 11 is 0. The predicted octanol–water partition coefficient (Wildman–Crippen LogP) is -1.45. The molecule has 2 atom stereocenters. The van der Waals surface area contributed by atoms with Crippen LogP contribution in [0.2, 0.25) is 0 Å². The van der Waals surface area contributed by atoms with E-state index in [1.165, 1.54) is 0 Å². The second-order valence-corrected chi connectivity index (χ2v) is 5.25. The summed E-state index contributed by atoms with van der Waals surface area (Å²) in [6, 6.07) is 0. The van der Waals surface area contributed by atoms with Gasteiger partial charge in [0.2, 0.25) is 0 Å². The Morgan fingerprint density at radius 1 is 1.69 bits per heavy atom. The third kappa shape index (κ3) is 2.53. The van der Waals surface area contributed by atoms with Crippen molar-refractivity contribution in [2.24, 2.45) is 11.6 Å². The highest BCUT2D eigenvalue weighted by Crippen LogP contribution is 2.38. The molecular formula is C7H14N4O4P+. The van der Waals surface area contributed by atoms with Gasteiger partial charge >= 0.3 is 25.1 Å². The number of nitrogens with one attached hydrogen (secondary N) is 1. The number of carbonyl (C=O) groups is 2. The van der Waals surface area contributed by atoms with E-state index in [2.05, 4.69) is 5.09 Å². The average molecular weight is 249 g/mol. The summed E-state index contributed by atoms with van der Waals surface area (Å²) in [6.45, 7) is -0.147. The Hall–Kier alpha value is -1.08. The number of aliphatic carboxylic acids is 1. The van der Waals surface area contributed by atoms with Crippen LogP contribution in [0.4, 0.5) is 0 Å². The van der Waals surface area contributed by atoms with E-state index in [4.69, 9.17) is 16.7 Å². The zero-order chi connectivity index (χ0) is 12.3. The third-order valence-corrected chi connectivity index (χ3v) is 3.91. The topological polar surface area (TPSA) is 139 Å². The van der Waals surface area contributed by atoms with Crippen LogP contribution in [-0.4, -0.2) is 40.4 Å². The molecule has 0 aliphatic carbocycles. The van der Waals surface area contributed by atoms with Gasteiger partial charge in [-0.3, -0.25) is 20.3 Å². The minimum atomic E-state index is -2.35. The zero-order valence-corrected chi connectivity index (χ0v) is 9.44. The Morgan fingerprint density at radius 3 is 2.88 bits per heavy atom. The molecule has 0 bridgehead atoms. The van der Waals surface area contributed by atoms with Crippen molar-refractivity contribution < 1.29 is 19.3 Å². The van der Waals surface area contributed by atoms with E-state index in [9.17, 15) is 14.2 Å². The second-order valence-electron chi connectivity index (χ2n) is 3.55. The summed E-state index contributed by atoms with van der Waals surface area (Å²) in [7, 11) is -2.35. The number of carbonyl (C=O) groups excluding carboxylic acids is 1. The largest absolute Gasteiger partial charge is 0.480 e. The second kappa shape index (κ2) is 4.84. The number of hydrogen-bond acceptors (Lipinski definition) is 5. The van der Waals surface area contributed by atoms with E-state index in [1.54, 1.807) is 0 Å². The van der Waals surface area contributed by atoms with E-state index in [0.717, 1.165) is 5.01 Å². The number of hydrogen-bond donors (Lipinski definition) is 4. The lowest BCUT2D eigenvalue weighted by Crippen LogP contribution is -2.60. The Morgan fingerprint density at radius 2 is 2.31 bits per heavy atom. The maximum Gasteiger partial charge on any atom is 0.465 e. The van der Waals surface area contributed by atoms with Gasteiger partial charge in [-0.15, -0.1) is 0 Å². The van der Waals surface area contributed by atoms with Gasteiger partial charge in [0.15, 0.2) is 0 Å². The van der Waals surface area contributed by atoms with E-state index in [0.29, 0.717) is 13.0 Å². The van der Waals surface area contributed by atoms with Gasteiger partial charge in [-0.2, -0.15) is 0 Å². The number of piperidine rings is 1. The van der Waals surface area contributed by atoms with E-state index < -0.39 is 31.7 Å². The summed E-state index contributed by atoms with van der Waals surface area (Å²) in [6.07, 6.45) is 0.760. The molecule has 8 nitrogen and oxygen atoms in total. The fraction of sp³-hybridized carbons (Fsp3) is 0.714. The Bertz CT molecular complexity index is 336. The summed E-state index contributed by atoms with van der Waals surface area (Å²) in [5.74, 6) is 3.58. The molecule has 1 amide bonds. The smallest absolute Gasteiger partial charge is 0.465 e. The molecule has 0 aromatic heterocycles. The fourth-order valence-corrected chi connectivity index (χ4v) is 2.67. The van der Waals surface area contributed by atoms with E-state index in [-0.39, 0.29) is 6.42 Å². The van der Waals surface area contributed by atoms with Crippen LogP contribution in [-0.2, 0) is 14.2 Å². The normalized spacial score (nSPS) is 26.8. The van der Waals surface area contributed by atoms with Gasteiger partial charge in [0.05, 0.1) is 0 Å². The molecule has 1 fully saturated rings. The lowest BCUT2D eigenvalue weighted by atomic mass is 10.1. The first kappa shape index (κ1) is 13.0. The number of nitrogens with zero attached hydrogens (tertiary/aromatic N) is 1. The van der Waals surface area contributed by atoms with Crippen LogP contribution in [0.25, 0.3) is 0 Å². The molecule has 1 aliphatic heterocycles. The van der Waals surface area contributed by atoms with Crippen LogP contribution >= 0.6 is 7.95 Å². The van der Waals surface area contributed by atoms with Crippen LogP contribution in [0.5, 0.6) is 0 Å². The third-order valence-electron chi connectivity index (χ3n) is 2.32. The fourth-order valence-electron chi connectivity index (χ4n) is 1.44. The molecule has 1 rings (SSSR count). The van der Waals surface area contributed by atoms with Gasteiger partial charge in [-0.1, -0.05) is 5.09 Å². The van der Waals surface area contributed by atoms with Crippen LogP contribution in [0.1, 0.15) is 12.8 Å². The molecule has 0 aromatic rings. The SMILES string of the molecule is NN1CCC[C@](N)([P+](=O)NCC(=O)O)C1=O. The molecule has 0 aromatic carbocycles. The van der Waals surface area contributed by atoms with Crippen molar-refractivity contribution in [3.8, 4) is 0 Å². The van der Waals surface area contributed by atoms with Crippen molar-refractivity contribution >= 4 is 19.8 Å². The van der Waals surface area contributed by atoms with Crippen LogP contribution < -0.4 is 16.7 Å². The molecule has 0 radical (unpaired) electrons. The standard InChI is InChI=1S/C7H13N4O4P/c8-7(16(15)10-4-5(12)13)2-1-3-11(9)6(7)14/h1-4,8-9H2,(H-,10,12,13,15)/p+1/t7-/m0/s1. The molecule has 1 aliphatic rings. The lowest BCUT2D eigenvalue weighted by Gasteiger charge is -2.28. The first-order valence-corrected chi connectivity index (χ1v) is 5.92. The molecule has 9 heteroatoms. The van der Waals surface area contributed by atoms with Gasteiger partial charge < -0.3 is 5.11 Å². The molecule has 1 unspecified atom stereocenters. The molecule has 16 heavy (non-hydrogen) atoms. The van der Waals surface area contributed by atoms with Gasteiger partial charge in [-0.25, -0.2) is 5.84 Å². The van der Waals surface area contributed by atoms with Crippen LogP contribution in [0.3, 0.4) is 0 Å². The Kier molecular flexibility index (Phi) is 3.93. The number of amides is 1. The Balaban J connectivity index is 2.71. The lowest BCUT2D eigenvalue weighted by molar-refractivity contribution is -0.137. The van der Waals surface area contributed by atoms with Crippen LogP contribution in [0, 0.1) is 0 Å². The zero-order valence-electron chi connectivity index (χ0n) is 8.55. The first-order chi connectivity index (χ1) is 7.38. The molecule has 1 heterocycles. The summed E-state index contributed by atoms with van der Waals surface area (Å²) in [4.78, 5) is 21.9. The van der Waals surface area contributed by atoms with Crippen molar-refractivity contribution in [3.05, 3.63) is 0 Å². The number of rotatable bonds is 4.